The largest absolute Gasteiger partial charge is 0.444 e. The number of amides is 2. The van der Waals surface area contributed by atoms with E-state index in [9.17, 15) is 9.59 Å². The first kappa shape index (κ1) is 24.7. The lowest BCUT2D eigenvalue weighted by atomic mass is 9.98. The van der Waals surface area contributed by atoms with E-state index in [4.69, 9.17) is 4.74 Å². The average molecular weight is 475 g/mol. The van der Waals surface area contributed by atoms with Gasteiger partial charge >= 0.3 is 6.09 Å². The van der Waals surface area contributed by atoms with Crippen molar-refractivity contribution in [2.75, 3.05) is 18.4 Å². The Balaban J connectivity index is 1.42. The third-order valence-electron chi connectivity index (χ3n) is 6.06. The van der Waals surface area contributed by atoms with Crippen LogP contribution in [0.2, 0.25) is 0 Å². The number of fused-ring (bicyclic) bond motifs is 1. The molecule has 1 aliphatic rings. The van der Waals surface area contributed by atoms with Crippen molar-refractivity contribution in [1.29, 1.82) is 0 Å². The van der Waals surface area contributed by atoms with E-state index < -0.39 is 5.60 Å². The fourth-order valence-electron chi connectivity index (χ4n) is 4.44. The van der Waals surface area contributed by atoms with Crippen LogP contribution in [0.25, 0.3) is 21.9 Å². The second-order valence-corrected chi connectivity index (χ2v) is 10.2. The third kappa shape index (κ3) is 6.79. The van der Waals surface area contributed by atoms with Crippen molar-refractivity contribution in [1.82, 2.24) is 15.2 Å². The number of pyridine rings is 1. The van der Waals surface area contributed by atoms with Crippen molar-refractivity contribution >= 4 is 28.5 Å². The molecule has 7 heteroatoms. The highest BCUT2D eigenvalue weighted by Gasteiger charge is 2.23. The molecule has 4 rings (SSSR count). The van der Waals surface area contributed by atoms with Crippen LogP contribution in [0.5, 0.6) is 0 Å². The maximum absolute atomic E-state index is 12.1. The molecule has 184 valence electrons. The Labute approximate surface area is 206 Å². The molecule has 7 nitrogen and oxygen atoms in total. The molecule has 35 heavy (non-hydrogen) atoms. The molecule has 0 unspecified atom stereocenters. The molecule has 1 saturated heterocycles. The summed E-state index contributed by atoms with van der Waals surface area (Å²) in [6, 6.07) is 14.5. The smallest absolute Gasteiger partial charge is 0.407 e. The van der Waals surface area contributed by atoms with Crippen molar-refractivity contribution in [2.45, 2.75) is 58.7 Å². The number of nitrogens with one attached hydrogen (secondary N) is 2. The Morgan fingerprint density at radius 1 is 1.06 bits per heavy atom. The minimum absolute atomic E-state index is 0.0844. The van der Waals surface area contributed by atoms with Crippen molar-refractivity contribution < 1.29 is 14.3 Å². The normalized spacial score (nSPS) is 15.1. The Kier molecular flexibility index (Phi) is 7.36. The van der Waals surface area contributed by atoms with Crippen molar-refractivity contribution in [3.8, 4) is 11.1 Å². The Morgan fingerprint density at radius 2 is 1.77 bits per heavy atom. The summed E-state index contributed by atoms with van der Waals surface area (Å²) < 4.78 is 5.39. The van der Waals surface area contributed by atoms with Crippen LogP contribution in [-0.2, 0) is 16.1 Å². The van der Waals surface area contributed by atoms with Gasteiger partial charge in [0.25, 0.3) is 0 Å². The number of anilines is 1. The molecule has 0 aliphatic carbocycles. The monoisotopic (exact) mass is 474 g/mol. The van der Waals surface area contributed by atoms with Gasteiger partial charge in [-0.1, -0.05) is 24.3 Å². The fourth-order valence-corrected chi connectivity index (χ4v) is 4.44. The van der Waals surface area contributed by atoms with Gasteiger partial charge in [0.2, 0.25) is 5.91 Å². The lowest BCUT2D eigenvalue weighted by Gasteiger charge is -2.33. The Bertz CT molecular complexity index is 1190. The lowest BCUT2D eigenvalue weighted by molar-refractivity contribution is -0.114. The van der Waals surface area contributed by atoms with Crippen molar-refractivity contribution in [3.05, 3.63) is 60.4 Å². The summed E-state index contributed by atoms with van der Waals surface area (Å²) in [4.78, 5) is 30.2. The van der Waals surface area contributed by atoms with Crippen LogP contribution in [0, 0.1) is 0 Å². The van der Waals surface area contributed by atoms with Gasteiger partial charge in [0.05, 0.1) is 0 Å². The summed E-state index contributed by atoms with van der Waals surface area (Å²) in [6.07, 6.45) is 5.26. The van der Waals surface area contributed by atoms with Crippen LogP contribution in [-0.4, -0.2) is 46.6 Å². The van der Waals surface area contributed by atoms with Crippen molar-refractivity contribution in [2.24, 2.45) is 0 Å². The molecule has 1 aliphatic heterocycles. The van der Waals surface area contributed by atoms with E-state index in [1.165, 1.54) is 12.5 Å². The van der Waals surface area contributed by atoms with Crippen LogP contribution in [0.15, 0.2) is 54.9 Å². The summed E-state index contributed by atoms with van der Waals surface area (Å²) >= 11 is 0. The third-order valence-corrected chi connectivity index (χ3v) is 6.06. The first-order chi connectivity index (χ1) is 16.7. The zero-order chi connectivity index (χ0) is 25.0. The number of nitrogens with zero attached hydrogens (tertiary/aromatic N) is 2. The lowest BCUT2D eigenvalue weighted by Crippen LogP contribution is -2.45. The van der Waals surface area contributed by atoms with Gasteiger partial charge in [-0.05, 0) is 68.3 Å². The van der Waals surface area contributed by atoms with E-state index in [-0.39, 0.29) is 18.0 Å². The summed E-state index contributed by atoms with van der Waals surface area (Å²) in [5.74, 6) is -0.0844. The highest BCUT2D eigenvalue weighted by Crippen LogP contribution is 2.30. The van der Waals surface area contributed by atoms with Gasteiger partial charge in [-0.25, -0.2) is 4.79 Å². The number of likely N-dealkylation sites (tertiary alicyclic amines) is 1. The Morgan fingerprint density at radius 3 is 2.43 bits per heavy atom. The average Bonchev–Trinajstić information content (AvgIpc) is 2.79. The summed E-state index contributed by atoms with van der Waals surface area (Å²) in [6.45, 7) is 9.84. The maximum Gasteiger partial charge on any atom is 0.407 e. The number of alkyl carbamates (subject to hydrolysis) is 1. The molecule has 0 spiro atoms. The molecule has 2 heterocycles. The first-order valence-electron chi connectivity index (χ1n) is 12.1. The quantitative estimate of drug-likeness (QED) is 0.521. The van der Waals surface area contributed by atoms with E-state index in [1.807, 2.05) is 57.4 Å². The fraction of sp³-hybridized carbons (Fsp3) is 0.393. The zero-order valence-corrected chi connectivity index (χ0v) is 20.9. The number of carbonyl (C=O) groups is 2. The number of ether oxygens (including phenoxy) is 1. The predicted octanol–water partition coefficient (Wildman–Crippen LogP) is 5.35. The number of rotatable bonds is 5. The molecule has 1 aromatic heterocycles. The van der Waals surface area contributed by atoms with Crippen LogP contribution >= 0.6 is 0 Å². The molecule has 1 fully saturated rings. The first-order valence-corrected chi connectivity index (χ1v) is 12.1. The van der Waals surface area contributed by atoms with E-state index in [0.29, 0.717) is 0 Å². The predicted molar refractivity (Wildman–Crippen MR) is 139 cm³/mol. The SMILES string of the molecule is CC(=O)Nc1ccc(-c2cncc3ccc(CN4CCC(NC(=O)OC(C)(C)C)CC4)cc23)cc1. The standard InChI is InChI=1S/C28H34N4O3/c1-19(33)30-23-9-7-21(8-10-23)26-17-29-16-22-6-5-20(15-25(22)26)18-32-13-11-24(12-14-32)31-27(34)35-28(2,3)4/h5-10,15-17,24H,11-14,18H2,1-4H3,(H,30,33)(H,31,34). The number of carbonyl (C=O) groups excluding carboxylic acids is 2. The van der Waals surface area contributed by atoms with Crippen LogP contribution in [0.3, 0.4) is 0 Å². The number of benzene rings is 2. The van der Waals surface area contributed by atoms with Gasteiger partial charge in [0.15, 0.2) is 0 Å². The van der Waals surface area contributed by atoms with Gasteiger partial charge in [-0.3, -0.25) is 14.7 Å². The number of aromatic nitrogens is 1. The minimum atomic E-state index is -0.483. The summed E-state index contributed by atoms with van der Waals surface area (Å²) in [5, 5.41) is 8.07. The molecule has 2 aromatic carbocycles. The van der Waals surface area contributed by atoms with Crippen LogP contribution < -0.4 is 10.6 Å². The topological polar surface area (TPSA) is 83.6 Å². The summed E-state index contributed by atoms with van der Waals surface area (Å²) in [5.41, 5.74) is 3.67. The molecule has 0 saturated carbocycles. The second-order valence-electron chi connectivity index (χ2n) is 10.2. The number of hydrogen-bond acceptors (Lipinski definition) is 5. The maximum atomic E-state index is 12.1. The Hall–Kier alpha value is -3.45. The molecule has 3 aromatic rings. The number of hydrogen-bond donors (Lipinski definition) is 2. The van der Waals surface area contributed by atoms with Gasteiger partial charge in [-0.2, -0.15) is 0 Å². The van der Waals surface area contributed by atoms with Gasteiger partial charge < -0.3 is 15.4 Å². The highest BCUT2D eigenvalue weighted by molar-refractivity contribution is 5.96. The molecule has 0 atom stereocenters. The zero-order valence-electron chi connectivity index (χ0n) is 20.9. The van der Waals surface area contributed by atoms with E-state index >= 15 is 0 Å². The van der Waals surface area contributed by atoms with Crippen LogP contribution in [0.1, 0.15) is 46.1 Å². The number of piperidine rings is 1. The van der Waals surface area contributed by atoms with Crippen molar-refractivity contribution in [3.63, 3.8) is 0 Å². The molecular formula is C28H34N4O3. The minimum Gasteiger partial charge on any atom is -0.444 e. The van der Waals surface area contributed by atoms with Gasteiger partial charge in [0.1, 0.15) is 5.60 Å². The summed E-state index contributed by atoms with van der Waals surface area (Å²) in [7, 11) is 0. The molecule has 0 radical (unpaired) electrons. The molecule has 0 bridgehead atoms. The molecular weight excluding hydrogens is 440 g/mol. The van der Waals surface area contributed by atoms with E-state index in [2.05, 4.69) is 38.7 Å². The molecule has 2 N–H and O–H groups in total. The van der Waals surface area contributed by atoms with E-state index in [0.717, 1.165) is 60.1 Å². The second kappa shape index (κ2) is 10.4. The molecule has 2 amide bonds. The van der Waals surface area contributed by atoms with E-state index in [1.54, 1.807) is 0 Å². The van der Waals surface area contributed by atoms with Gasteiger partial charge in [-0.15, -0.1) is 0 Å². The highest BCUT2D eigenvalue weighted by atomic mass is 16.6. The van der Waals surface area contributed by atoms with Gasteiger partial charge in [0, 0.05) is 61.6 Å². The van der Waals surface area contributed by atoms with Crippen LogP contribution in [0.4, 0.5) is 10.5 Å².